The van der Waals surface area contributed by atoms with Crippen LogP contribution in [0.1, 0.15) is 55.8 Å². The van der Waals surface area contributed by atoms with Crippen molar-refractivity contribution in [1.29, 1.82) is 0 Å². The van der Waals surface area contributed by atoms with Gasteiger partial charge < -0.3 is 19.7 Å². The van der Waals surface area contributed by atoms with Gasteiger partial charge in [-0.2, -0.15) is 0 Å². The first kappa shape index (κ1) is 25.6. The van der Waals surface area contributed by atoms with E-state index in [0.717, 1.165) is 6.29 Å². The molecule has 0 aromatic heterocycles. The van der Waals surface area contributed by atoms with Crippen molar-refractivity contribution in [3.05, 3.63) is 34.9 Å². The average Bonchev–Trinajstić information content (AvgIpc) is 2.77. The van der Waals surface area contributed by atoms with E-state index in [2.05, 4.69) is 16.0 Å². The van der Waals surface area contributed by atoms with Crippen LogP contribution in [0, 0.1) is 23.3 Å². The van der Waals surface area contributed by atoms with Crippen molar-refractivity contribution >= 4 is 24.8 Å². The number of hydrogen-bond donors (Lipinski definition) is 3. The number of hydrogen-bond acceptors (Lipinski definition) is 6. The molecule has 11 heteroatoms. The summed E-state index contributed by atoms with van der Waals surface area (Å²) in [5, 5.41) is 8.94. The Kier molecular flexibility index (Phi) is 9.02. The van der Waals surface area contributed by atoms with Gasteiger partial charge in [-0.25, -0.2) is 17.6 Å². The van der Waals surface area contributed by atoms with Crippen molar-refractivity contribution in [2.75, 3.05) is 0 Å². The van der Waals surface area contributed by atoms with Crippen LogP contribution in [0.25, 0.3) is 0 Å². The van der Waals surface area contributed by atoms with Crippen LogP contribution in [0.4, 0.5) is 17.6 Å². The van der Waals surface area contributed by atoms with E-state index in [-0.39, 0.29) is 44.3 Å². The fraction of sp³-hybridized carbons (Fsp3) is 0.524. The van der Waals surface area contributed by atoms with Gasteiger partial charge in [-0.05, 0) is 32.3 Å². The summed E-state index contributed by atoms with van der Waals surface area (Å²) < 4.78 is 54.7. The molecule has 1 aromatic rings. The van der Waals surface area contributed by atoms with Crippen molar-refractivity contribution < 1.29 is 36.7 Å². The third-order valence-corrected chi connectivity index (χ3v) is 5.70. The minimum absolute atomic E-state index is 0.109. The Morgan fingerprint density at radius 1 is 0.906 bits per heavy atom. The maximum atomic E-state index is 14.2. The summed E-state index contributed by atoms with van der Waals surface area (Å²) in [7, 11) is 0. The number of carbonyl (C=O) groups is 4. The molecule has 2 atom stereocenters. The second kappa shape index (κ2) is 11.3. The molecule has 2 rings (SSSR count). The number of carbonyl (C=O) groups excluding carboxylic acids is 4. The predicted octanol–water partition coefficient (Wildman–Crippen LogP) is 1.92. The predicted molar refractivity (Wildman–Crippen MR) is 106 cm³/mol. The monoisotopic (exact) mass is 459 g/mol. The molecule has 0 radical (unpaired) electrons. The zero-order chi connectivity index (χ0) is 23.9. The van der Waals surface area contributed by atoms with Gasteiger partial charge in [-0.15, -0.1) is 0 Å². The second-order valence-corrected chi connectivity index (χ2v) is 7.81. The van der Waals surface area contributed by atoms with E-state index in [1.165, 1.54) is 0 Å². The highest BCUT2D eigenvalue weighted by Crippen LogP contribution is 2.28. The number of amides is 1. The first-order valence-electron chi connectivity index (χ1n) is 10.2. The first-order valence-corrected chi connectivity index (χ1v) is 10.2. The second-order valence-electron chi connectivity index (χ2n) is 7.81. The molecule has 1 heterocycles. The van der Waals surface area contributed by atoms with Crippen molar-refractivity contribution in [2.24, 2.45) is 0 Å². The molecule has 176 valence electrons. The van der Waals surface area contributed by atoms with Crippen LogP contribution in [0.3, 0.4) is 0 Å². The minimum Gasteiger partial charge on any atom is -0.344 e. The molecule has 0 aliphatic carbocycles. The molecular weight excluding hydrogens is 434 g/mol. The summed E-state index contributed by atoms with van der Waals surface area (Å²) in [5.41, 5.74) is -2.26. The Morgan fingerprint density at radius 3 is 1.91 bits per heavy atom. The molecule has 1 aliphatic heterocycles. The molecule has 1 aromatic carbocycles. The smallest absolute Gasteiger partial charge is 0.255 e. The van der Waals surface area contributed by atoms with E-state index in [1.54, 1.807) is 6.92 Å². The van der Waals surface area contributed by atoms with Gasteiger partial charge in [-0.3, -0.25) is 15.4 Å². The van der Waals surface area contributed by atoms with Crippen LogP contribution in [0.2, 0.25) is 0 Å². The zero-order valence-corrected chi connectivity index (χ0v) is 17.4. The lowest BCUT2D eigenvalue weighted by molar-refractivity contribution is -0.108. The minimum atomic E-state index is -2.11. The van der Waals surface area contributed by atoms with Gasteiger partial charge in [-0.1, -0.05) is 0 Å². The molecule has 1 amide bonds. The van der Waals surface area contributed by atoms with Gasteiger partial charge in [0.05, 0.1) is 17.3 Å². The number of benzene rings is 1. The van der Waals surface area contributed by atoms with Gasteiger partial charge in [0.15, 0.2) is 23.3 Å². The number of aldehydes is 3. The van der Waals surface area contributed by atoms with Crippen LogP contribution >= 0.6 is 0 Å². The van der Waals surface area contributed by atoms with Crippen LogP contribution in [-0.2, 0) is 14.4 Å². The van der Waals surface area contributed by atoms with Crippen molar-refractivity contribution in [1.82, 2.24) is 16.0 Å². The molecule has 3 N–H and O–H groups in total. The van der Waals surface area contributed by atoms with E-state index in [1.807, 2.05) is 0 Å². The lowest BCUT2D eigenvalue weighted by Gasteiger charge is -2.52. The Balaban J connectivity index is 2.41. The summed E-state index contributed by atoms with van der Waals surface area (Å²) in [5.74, 6) is -8.88. The van der Waals surface area contributed by atoms with Gasteiger partial charge in [0, 0.05) is 31.3 Å². The maximum Gasteiger partial charge on any atom is 0.255 e. The summed E-state index contributed by atoms with van der Waals surface area (Å²) >= 11 is 0. The van der Waals surface area contributed by atoms with E-state index in [0.29, 0.717) is 19.0 Å². The average molecular weight is 459 g/mol. The Labute approximate surface area is 182 Å². The Morgan fingerprint density at radius 2 is 1.41 bits per heavy atom. The van der Waals surface area contributed by atoms with Crippen LogP contribution in [-0.4, -0.2) is 48.6 Å². The Bertz CT molecular complexity index is 846. The molecule has 2 unspecified atom stereocenters. The molecule has 32 heavy (non-hydrogen) atoms. The van der Waals surface area contributed by atoms with Crippen molar-refractivity contribution in [3.8, 4) is 0 Å². The fourth-order valence-corrected chi connectivity index (χ4v) is 3.98. The molecule has 0 bridgehead atoms. The van der Waals surface area contributed by atoms with Gasteiger partial charge in [0.1, 0.15) is 18.9 Å². The normalized spacial score (nSPS) is 25.2. The SMILES string of the molecule is CC1(NC(=O)c2cc(F)c(F)c(F)c2F)C(CCC=O)NC(CCC=O)NC1CCC=O. The highest BCUT2D eigenvalue weighted by Gasteiger charge is 2.47. The van der Waals surface area contributed by atoms with Crippen molar-refractivity contribution in [2.45, 2.75) is 69.2 Å². The van der Waals surface area contributed by atoms with Gasteiger partial charge in [0.25, 0.3) is 5.91 Å². The largest absolute Gasteiger partial charge is 0.344 e. The van der Waals surface area contributed by atoms with Gasteiger partial charge in [0.2, 0.25) is 0 Å². The number of halogens is 4. The molecule has 7 nitrogen and oxygen atoms in total. The molecule has 1 saturated heterocycles. The third kappa shape index (κ3) is 5.57. The standard InChI is InChI=1S/C21H25F4N3O4/c1-21(28-20(32)12-11-13(22)18(24)19(25)17(12)23)14(5-2-8-29)26-16(7-4-10-31)27-15(21)6-3-9-30/h8-11,14-16,26-27H,2-7H2,1H3,(H,28,32). The summed E-state index contributed by atoms with van der Waals surface area (Å²) in [6, 6.07) is -0.891. The lowest BCUT2D eigenvalue weighted by Crippen LogP contribution is -2.77. The topological polar surface area (TPSA) is 104 Å². The maximum absolute atomic E-state index is 14.2. The van der Waals surface area contributed by atoms with E-state index in [9.17, 15) is 36.7 Å². The summed E-state index contributed by atoms with van der Waals surface area (Å²) in [6.07, 6.45) is 3.04. The summed E-state index contributed by atoms with van der Waals surface area (Å²) in [4.78, 5) is 45.5. The number of nitrogens with one attached hydrogen (secondary N) is 3. The van der Waals surface area contributed by atoms with E-state index in [4.69, 9.17) is 0 Å². The quantitative estimate of drug-likeness (QED) is 0.202. The molecular formula is C21H25F4N3O4. The highest BCUT2D eigenvalue weighted by molar-refractivity contribution is 5.95. The highest BCUT2D eigenvalue weighted by atomic mass is 19.2. The van der Waals surface area contributed by atoms with E-state index >= 15 is 0 Å². The van der Waals surface area contributed by atoms with Gasteiger partial charge >= 0.3 is 0 Å². The molecule has 0 saturated carbocycles. The summed E-state index contributed by atoms with van der Waals surface area (Å²) in [6.45, 7) is 1.58. The Hall–Kier alpha value is -2.66. The van der Waals surface area contributed by atoms with Crippen LogP contribution in [0.5, 0.6) is 0 Å². The van der Waals surface area contributed by atoms with Crippen LogP contribution < -0.4 is 16.0 Å². The fourth-order valence-electron chi connectivity index (χ4n) is 3.98. The van der Waals surface area contributed by atoms with Crippen molar-refractivity contribution in [3.63, 3.8) is 0 Å². The lowest BCUT2D eigenvalue weighted by atomic mass is 9.77. The molecule has 1 fully saturated rings. The zero-order valence-electron chi connectivity index (χ0n) is 17.4. The number of rotatable bonds is 11. The third-order valence-electron chi connectivity index (χ3n) is 5.70. The van der Waals surface area contributed by atoms with E-state index < -0.39 is 52.4 Å². The molecule has 0 spiro atoms. The van der Waals surface area contributed by atoms with Crippen LogP contribution in [0.15, 0.2) is 6.07 Å². The molecule has 1 aliphatic rings. The first-order chi connectivity index (χ1) is 15.2.